The Hall–Kier alpha value is -2.81. The number of anilines is 1. The Morgan fingerprint density at radius 3 is 2.39 bits per heavy atom. The first-order valence-corrected chi connectivity index (χ1v) is 11.3. The standard InChI is InChI=1S/C22H15BrClN3O3S/c23-19-4-2-1-3-18(19)21-26-27-22(30-21)31-13-20(28)25-15-7-11-17(12-8-15)29-16-9-5-14(24)6-10-16/h1-12H,13H2,(H,25,28). The number of rotatable bonds is 7. The van der Waals surface area contributed by atoms with Crippen LogP contribution in [0.5, 0.6) is 11.5 Å². The maximum atomic E-state index is 12.3. The summed E-state index contributed by atoms with van der Waals surface area (Å²) in [6.45, 7) is 0. The van der Waals surface area contributed by atoms with Crippen LogP contribution in [0.4, 0.5) is 5.69 Å². The van der Waals surface area contributed by atoms with Crippen molar-refractivity contribution in [3.63, 3.8) is 0 Å². The predicted octanol–water partition coefficient (Wildman–Crippen LogP) is 6.68. The second-order valence-corrected chi connectivity index (χ2v) is 8.49. The van der Waals surface area contributed by atoms with Crippen molar-refractivity contribution in [2.45, 2.75) is 5.22 Å². The summed E-state index contributed by atoms with van der Waals surface area (Å²) in [7, 11) is 0. The third kappa shape index (κ3) is 5.88. The van der Waals surface area contributed by atoms with E-state index >= 15 is 0 Å². The van der Waals surface area contributed by atoms with Gasteiger partial charge in [0, 0.05) is 15.2 Å². The van der Waals surface area contributed by atoms with Crippen molar-refractivity contribution in [1.82, 2.24) is 10.2 Å². The first kappa shape index (κ1) is 21.4. The molecule has 0 aliphatic rings. The highest BCUT2D eigenvalue weighted by molar-refractivity contribution is 9.10. The molecule has 4 aromatic rings. The van der Waals surface area contributed by atoms with E-state index in [1.165, 1.54) is 11.8 Å². The average molecular weight is 517 g/mol. The molecule has 6 nitrogen and oxygen atoms in total. The van der Waals surface area contributed by atoms with Gasteiger partial charge in [-0.2, -0.15) is 0 Å². The summed E-state index contributed by atoms with van der Waals surface area (Å²) in [5.74, 6) is 1.68. The number of ether oxygens (including phenoxy) is 1. The van der Waals surface area contributed by atoms with Crippen LogP contribution in [0.3, 0.4) is 0 Å². The number of nitrogens with zero attached hydrogens (tertiary/aromatic N) is 2. The lowest BCUT2D eigenvalue weighted by Gasteiger charge is -2.08. The number of carbonyl (C=O) groups excluding carboxylic acids is 1. The fourth-order valence-electron chi connectivity index (χ4n) is 2.58. The van der Waals surface area contributed by atoms with Crippen LogP contribution in [0, 0.1) is 0 Å². The van der Waals surface area contributed by atoms with E-state index < -0.39 is 0 Å². The van der Waals surface area contributed by atoms with Gasteiger partial charge in [0.15, 0.2) is 0 Å². The smallest absolute Gasteiger partial charge is 0.277 e. The molecule has 1 amide bonds. The van der Waals surface area contributed by atoms with Crippen LogP contribution < -0.4 is 10.1 Å². The van der Waals surface area contributed by atoms with Crippen molar-refractivity contribution in [3.8, 4) is 23.0 Å². The molecular weight excluding hydrogens is 502 g/mol. The molecule has 3 aromatic carbocycles. The number of thioether (sulfide) groups is 1. The van der Waals surface area contributed by atoms with Gasteiger partial charge in [-0.1, -0.05) is 35.5 Å². The van der Waals surface area contributed by atoms with Gasteiger partial charge >= 0.3 is 0 Å². The zero-order valence-electron chi connectivity index (χ0n) is 15.9. The van der Waals surface area contributed by atoms with E-state index in [2.05, 4.69) is 31.4 Å². The Labute approximate surface area is 196 Å². The number of halogens is 2. The number of hydrogen-bond donors (Lipinski definition) is 1. The van der Waals surface area contributed by atoms with E-state index in [9.17, 15) is 4.79 Å². The van der Waals surface area contributed by atoms with E-state index in [0.29, 0.717) is 33.3 Å². The average Bonchev–Trinajstić information content (AvgIpc) is 3.24. The monoisotopic (exact) mass is 515 g/mol. The molecule has 1 aromatic heterocycles. The van der Waals surface area contributed by atoms with Crippen LogP contribution >= 0.6 is 39.3 Å². The molecule has 1 heterocycles. The van der Waals surface area contributed by atoms with Crippen LogP contribution in [0.2, 0.25) is 5.02 Å². The summed E-state index contributed by atoms with van der Waals surface area (Å²) < 4.78 is 12.2. The highest BCUT2D eigenvalue weighted by atomic mass is 79.9. The summed E-state index contributed by atoms with van der Waals surface area (Å²) >= 11 is 10.5. The van der Waals surface area contributed by atoms with E-state index in [-0.39, 0.29) is 11.7 Å². The first-order chi connectivity index (χ1) is 15.1. The Balaban J connectivity index is 1.29. The molecule has 0 bridgehead atoms. The van der Waals surface area contributed by atoms with E-state index in [0.717, 1.165) is 10.0 Å². The largest absolute Gasteiger partial charge is 0.457 e. The van der Waals surface area contributed by atoms with Crippen molar-refractivity contribution < 1.29 is 13.9 Å². The van der Waals surface area contributed by atoms with Gasteiger partial charge in [0.05, 0.1) is 11.3 Å². The zero-order valence-corrected chi connectivity index (χ0v) is 19.1. The molecule has 1 N–H and O–H groups in total. The summed E-state index contributed by atoms with van der Waals surface area (Å²) in [4.78, 5) is 12.3. The topological polar surface area (TPSA) is 77.2 Å². The van der Waals surface area contributed by atoms with Crippen LogP contribution in [-0.2, 0) is 4.79 Å². The highest BCUT2D eigenvalue weighted by Crippen LogP contribution is 2.29. The molecule has 0 saturated carbocycles. The number of aromatic nitrogens is 2. The number of hydrogen-bond acceptors (Lipinski definition) is 6. The third-order valence-corrected chi connectivity index (χ3v) is 5.79. The van der Waals surface area contributed by atoms with Gasteiger partial charge in [-0.3, -0.25) is 4.79 Å². The molecule has 31 heavy (non-hydrogen) atoms. The molecule has 0 spiro atoms. The van der Waals surface area contributed by atoms with Crippen LogP contribution in [0.25, 0.3) is 11.5 Å². The Kier molecular flexibility index (Phi) is 6.91. The second kappa shape index (κ2) is 10.00. The number of carbonyl (C=O) groups is 1. The van der Waals surface area contributed by atoms with Crippen molar-refractivity contribution >= 4 is 50.9 Å². The van der Waals surface area contributed by atoms with Gasteiger partial charge in [-0.15, -0.1) is 10.2 Å². The van der Waals surface area contributed by atoms with Crippen LogP contribution in [0.15, 0.2) is 86.9 Å². The van der Waals surface area contributed by atoms with Crippen molar-refractivity contribution in [3.05, 3.63) is 82.3 Å². The lowest BCUT2D eigenvalue weighted by atomic mass is 10.2. The van der Waals surface area contributed by atoms with Crippen molar-refractivity contribution in [1.29, 1.82) is 0 Å². The molecule has 0 aliphatic carbocycles. The summed E-state index contributed by atoms with van der Waals surface area (Å²) in [5, 5.41) is 11.8. The van der Waals surface area contributed by atoms with Crippen LogP contribution in [-0.4, -0.2) is 21.9 Å². The quantitative estimate of drug-likeness (QED) is 0.276. The minimum atomic E-state index is -0.183. The minimum absolute atomic E-state index is 0.140. The normalized spacial score (nSPS) is 10.6. The van der Waals surface area contributed by atoms with Gasteiger partial charge < -0.3 is 14.5 Å². The maximum Gasteiger partial charge on any atom is 0.277 e. The SMILES string of the molecule is O=C(CSc1nnc(-c2ccccc2Br)o1)Nc1ccc(Oc2ccc(Cl)cc2)cc1. The lowest BCUT2D eigenvalue weighted by Crippen LogP contribution is -2.13. The Morgan fingerprint density at radius 1 is 1.00 bits per heavy atom. The molecular formula is C22H15BrClN3O3S. The number of benzene rings is 3. The molecule has 0 aliphatic heterocycles. The van der Waals surface area contributed by atoms with E-state index in [1.807, 2.05) is 24.3 Å². The Bertz CT molecular complexity index is 1180. The fourth-order valence-corrected chi connectivity index (χ4v) is 3.72. The highest BCUT2D eigenvalue weighted by Gasteiger charge is 2.13. The van der Waals surface area contributed by atoms with Gasteiger partial charge in [0.25, 0.3) is 5.22 Å². The molecule has 0 saturated heterocycles. The third-order valence-electron chi connectivity index (χ3n) is 4.02. The van der Waals surface area contributed by atoms with Crippen LogP contribution in [0.1, 0.15) is 0 Å². The molecule has 0 atom stereocenters. The maximum absolute atomic E-state index is 12.3. The van der Waals surface area contributed by atoms with E-state index in [1.54, 1.807) is 48.5 Å². The number of amides is 1. The van der Waals surface area contributed by atoms with Gasteiger partial charge in [-0.25, -0.2) is 0 Å². The summed E-state index contributed by atoms with van der Waals surface area (Å²) in [5.41, 5.74) is 1.46. The minimum Gasteiger partial charge on any atom is -0.457 e. The second-order valence-electron chi connectivity index (χ2n) is 6.27. The van der Waals surface area contributed by atoms with Gasteiger partial charge in [-0.05, 0) is 76.6 Å². The molecule has 156 valence electrons. The molecule has 0 unspecified atom stereocenters. The lowest BCUT2D eigenvalue weighted by molar-refractivity contribution is -0.113. The van der Waals surface area contributed by atoms with Gasteiger partial charge in [0.2, 0.25) is 11.8 Å². The van der Waals surface area contributed by atoms with E-state index in [4.69, 9.17) is 20.8 Å². The predicted molar refractivity (Wildman–Crippen MR) is 125 cm³/mol. The number of nitrogens with one attached hydrogen (secondary N) is 1. The molecule has 0 radical (unpaired) electrons. The van der Waals surface area contributed by atoms with Crippen molar-refractivity contribution in [2.24, 2.45) is 0 Å². The Morgan fingerprint density at radius 2 is 1.68 bits per heavy atom. The zero-order chi connectivity index (χ0) is 21.6. The van der Waals surface area contributed by atoms with Crippen molar-refractivity contribution in [2.75, 3.05) is 11.1 Å². The summed E-state index contributed by atoms with van der Waals surface area (Å²) in [6, 6.07) is 21.7. The molecule has 9 heteroatoms. The first-order valence-electron chi connectivity index (χ1n) is 9.11. The fraction of sp³-hybridized carbons (Fsp3) is 0.0455. The summed E-state index contributed by atoms with van der Waals surface area (Å²) in [6.07, 6.45) is 0. The van der Waals surface area contributed by atoms with Gasteiger partial charge in [0.1, 0.15) is 11.5 Å². The molecule has 0 fully saturated rings. The molecule has 4 rings (SSSR count).